The molecule has 0 radical (unpaired) electrons. The van der Waals surface area contributed by atoms with Gasteiger partial charge in [0.15, 0.2) is 0 Å². The molecule has 0 amide bonds. The molecule has 124 valence electrons. The Labute approximate surface area is 125 Å². The number of hydrogen-bond donors (Lipinski definition) is 1. The fourth-order valence-electron chi connectivity index (χ4n) is 3.45. The monoisotopic (exact) mass is 308 g/mol. The highest BCUT2D eigenvalue weighted by Crippen LogP contribution is 2.44. The van der Waals surface area contributed by atoms with Crippen LogP contribution in [0.2, 0.25) is 0 Å². The first-order valence-corrected chi connectivity index (χ1v) is 7.90. The lowest BCUT2D eigenvalue weighted by molar-refractivity contribution is -0.325. The molecule has 0 aromatic heterocycles. The van der Waals surface area contributed by atoms with E-state index in [1.165, 1.54) is 12.8 Å². The summed E-state index contributed by atoms with van der Waals surface area (Å²) >= 11 is 0. The lowest BCUT2D eigenvalue weighted by Crippen LogP contribution is -2.65. The van der Waals surface area contributed by atoms with Gasteiger partial charge in [0.1, 0.15) is 0 Å². The number of rotatable bonds is 6. The highest BCUT2D eigenvalue weighted by atomic mass is 19.4. The Kier molecular flexibility index (Phi) is 5.21. The lowest BCUT2D eigenvalue weighted by Gasteiger charge is -2.49. The van der Waals surface area contributed by atoms with E-state index in [0.29, 0.717) is 24.4 Å². The third-order valence-electron chi connectivity index (χ3n) is 4.75. The second kappa shape index (κ2) is 6.42. The fraction of sp³-hybridized carbons (Fsp3) is 1.00. The molecule has 1 heterocycles. The molecule has 2 rings (SSSR count). The van der Waals surface area contributed by atoms with Crippen molar-refractivity contribution in [2.75, 3.05) is 26.2 Å². The summed E-state index contributed by atoms with van der Waals surface area (Å²) in [6.45, 7) is 8.27. The van der Waals surface area contributed by atoms with Crippen LogP contribution in [-0.2, 0) is 4.74 Å². The van der Waals surface area contributed by atoms with Crippen LogP contribution in [0.15, 0.2) is 0 Å². The Balaban J connectivity index is 1.93. The molecular weight excluding hydrogens is 281 g/mol. The topological polar surface area (TPSA) is 24.5 Å². The smallest absolute Gasteiger partial charge is 0.311 e. The van der Waals surface area contributed by atoms with E-state index in [1.54, 1.807) is 0 Å². The SMILES string of the molecule is CC(C)CC1CN(CCOC(F)(F)F)C(C)(C2CC2)CN1. The van der Waals surface area contributed by atoms with Gasteiger partial charge in [-0.3, -0.25) is 9.64 Å². The maximum atomic E-state index is 12.2. The van der Waals surface area contributed by atoms with Gasteiger partial charge in [0, 0.05) is 31.2 Å². The van der Waals surface area contributed by atoms with Gasteiger partial charge < -0.3 is 5.32 Å². The van der Waals surface area contributed by atoms with E-state index >= 15 is 0 Å². The van der Waals surface area contributed by atoms with Gasteiger partial charge in [-0.25, -0.2) is 0 Å². The zero-order chi connectivity index (χ0) is 15.7. The molecule has 0 spiro atoms. The first-order valence-electron chi connectivity index (χ1n) is 7.90. The molecule has 2 unspecified atom stereocenters. The van der Waals surface area contributed by atoms with E-state index < -0.39 is 6.36 Å². The van der Waals surface area contributed by atoms with Crippen LogP contribution in [0.4, 0.5) is 13.2 Å². The van der Waals surface area contributed by atoms with Crippen LogP contribution < -0.4 is 5.32 Å². The number of nitrogens with zero attached hydrogens (tertiary/aromatic N) is 1. The summed E-state index contributed by atoms with van der Waals surface area (Å²) in [5.74, 6) is 1.19. The van der Waals surface area contributed by atoms with Crippen LogP contribution >= 0.6 is 0 Å². The summed E-state index contributed by atoms with van der Waals surface area (Å²) in [4.78, 5) is 2.22. The third kappa shape index (κ3) is 4.83. The van der Waals surface area contributed by atoms with Gasteiger partial charge in [-0.2, -0.15) is 0 Å². The normalized spacial score (nSPS) is 31.9. The Bertz CT molecular complexity index is 344. The van der Waals surface area contributed by atoms with Crippen molar-refractivity contribution in [1.82, 2.24) is 10.2 Å². The van der Waals surface area contributed by atoms with E-state index in [2.05, 4.69) is 35.7 Å². The summed E-state index contributed by atoms with van der Waals surface area (Å²) < 4.78 is 40.5. The Morgan fingerprint density at radius 2 is 2.00 bits per heavy atom. The van der Waals surface area contributed by atoms with Crippen molar-refractivity contribution in [3.8, 4) is 0 Å². The van der Waals surface area contributed by atoms with Crippen LogP contribution in [0.5, 0.6) is 0 Å². The number of ether oxygens (including phenoxy) is 1. The van der Waals surface area contributed by atoms with Gasteiger partial charge in [0.25, 0.3) is 0 Å². The Morgan fingerprint density at radius 3 is 2.52 bits per heavy atom. The van der Waals surface area contributed by atoms with Crippen molar-refractivity contribution in [1.29, 1.82) is 0 Å². The highest BCUT2D eigenvalue weighted by Gasteiger charge is 2.48. The van der Waals surface area contributed by atoms with Crippen LogP contribution in [0.3, 0.4) is 0 Å². The first-order chi connectivity index (χ1) is 9.71. The minimum atomic E-state index is -4.53. The molecule has 0 aromatic carbocycles. The van der Waals surface area contributed by atoms with E-state index in [1.807, 2.05) is 0 Å². The van der Waals surface area contributed by atoms with E-state index in [9.17, 15) is 13.2 Å². The maximum absolute atomic E-state index is 12.2. The molecule has 1 aliphatic carbocycles. The summed E-state index contributed by atoms with van der Waals surface area (Å²) in [5.41, 5.74) is -0.0254. The third-order valence-corrected chi connectivity index (χ3v) is 4.75. The second-order valence-electron chi connectivity index (χ2n) is 7.08. The molecule has 1 saturated heterocycles. The van der Waals surface area contributed by atoms with Crippen molar-refractivity contribution < 1.29 is 17.9 Å². The maximum Gasteiger partial charge on any atom is 0.522 e. The van der Waals surface area contributed by atoms with Crippen LogP contribution in [0.1, 0.15) is 40.0 Å². The zero-order valence-corrected chi connectivity index (χ0v) is 13.2. The molecule has 1 aliphatic heterocycles. The molecule has 2 aliphatic rings. The summed E-state index contributed by atoms with van der Waals surface area (Å²) in [7, 11) is 0. The number of piperazine rings is 1. The van der Waals surface area contributed by atoms with Crippen molar-refractivity contribution in [3.05, 3.63) is 0 Å². The second-order valence-corrected chi connectivity index (χ2v) is 7.08. The Morgan fingerprint density at radius 1 is 1.33 bits per heavy atom. The summed E-state index contributed by atoms with van der Waals surface area (Å²) in [6, 6.07) is 0.364. The molecule has 2 atom stereocenters. The fourth-order valence-corrected chi connectivity index (χ4v) is 3.45. The molecular formula is C15H27F3N2O. The molecule has 2 fully saturated rings. The predicted octanol–water partition coefficient (Wildman–Crippen LogP) is 3.01. The van der Waals surface area contributed by atoms with Crippen molar-refractivity contribution >= 4 is 0 Å². The number of alkyl halides is 3. The summed E-state index contributed by atoms with van der Waals surface area (Å²) in [6.07, 6.45) is -1.11. The molecule has 21 heavy (non-hydrogen) atoms. The minimum Gasteiger partial charge on any atom is -0.311 e. The average molecular weight is 308 g/mol. The van der Waals surface area contributed by atoms with Gasteiger partial charge in [0.05, 0.1) is 6.61 Å². The van der Waals surface area contributed by atoms with Crippen LogP contribution in [0.25, 0.3) is 0 Å². The van der Waals surface area contributed by atoms with Crippen LogP contribution in [-0.4, -0.2) is 49.1 Å². The first kappa shape index (κ1) is 17.0. The lowest BCUT2D eigenvalue weighted by atomic mass is 9.88. The summed E-state index contributed by atoms with van der Waals surface area (Å²) in [5, 5.41) is 3.59. The number of hydrogen-bond acceptors (Lipinski definition) is 3. The van der Waals surface area contributed by atoms with Crippen molar-refractivity contribution in [3.63, 3.8) is 0 Å². The van der Waals surface area contributed by atoms with Crippen molar-refractivity contribution in [2.24, 2.45) is 11.8 Å². The molecule has 1 N–H and O–H groups in total. The van der Waals surface area contributed by atoms with Gasteiger partial charge in [0.2, 0.25) is 0 Å². The van der Waals surface area contributed by atoms with Crippen molar-refractivity contribution in [2.45, 2.75) is 58.0 Å². The predicted molar refractivity (Wildman–Crippen MR) is 76.0 cm³/mol. The largest absolute Gasteiger partial charge is 0.522 e. The zero-order valence-electron chi connectivity index (χ0n) is 13.2. The molecule has 1 saturated carbocycles. The Hall–Kier alpha value is -0.330. The average Bonchev–Trinajstić information content (AvgIpc) is 3.15. The molecule has 0 bridgehead atoms. The van der Waals surface area contributed by atoms with Gasteiger partial charge >= 0.3 is 6.36 Å². The van der Waals surface area contributed by atoms with Gasteiger partial charge in [-0.05, 0) is 38.0 Å². The molecule has 3 nitrogen and oxygen atoms in total. The number of nitrogens with one attached hydrogen (secondary N) is 1. The molecule has 0 aromatic rings. The van der Waals surface area contributed by atoms with E-state index in [4.69, 9.17) is 0 Å². The van der Waals surface area contributed by atoms with Gasteiger partial charge in [-0.1, -0.05) is 13.8 Å². The van der Waals surface area contributed by atoms with E-state index in [-0.39, 0.29) is 12.1 Å². The van der Waals surface area contributed by atoms with Gasteiger partial charge in [-0.15, -0.1) is 13.2 Å². The minimum absolute atomic E-state index is 0.0254. The van der Waals surface area contributed by atoms with E-state index in [0.717, 1.165) is 19.5 Å². The van der Waals surface area contributed by atoms with Crippen LogP contribution in [0, 0.1) is 11.8 Å². The highest BCUT2D eigenvalue weighted by molar-refractivity contribution is 5.04. The quantitative estimate of drug-likeness (QED) is 0.816. The standard InChI is InChI=1S/C15H27F3N2O/c1-11(2)8-13-9-20(6-7-21-15(16,17)18)14(3,10-19-13)12-4-5-12/h11-13,19H,4-10H2,1-3H3. The molecule has 6 heteroatoms. The number of halogens is 3.